The van der Waals surface area contributed by atoms with Crippen molar-refractivity contribution in [1.82, 2.24) is 9.99 Å². The number of thioether (sulfide) groups is 1. The van der Waals surface area contributed by atoms with Crippen LogP contribution in [0.4, 0.5) is 0 Å². The first-order valence-corrected chi connectivity index (χ1v) is 10.9. The maximum Gasteiger partial charge on any atom is 0.341 e. The van der Waals surface area contributed by atoms with Crippen LogP contribution in [0.5, 0.6) is 0 Å². The topological polar surface area (TPSA) is 105 Å². The third kappa shape index (κ3) is 7.08. The summed E-state index contributed by atoms with van der Waals surface area (Å²) in [4.78, 5) is 11.0. The van der Waals surface area contributed by atoms with Gasteiger partial charge >= 0.3 is 13.6 Å². The summed E-state index contributed by atoms with van der Waals surface area (Å²) < 4.78 is 19.9. The van der Waals surface area contributed by atoms with Gasteiger partial charge in [0.1, 0.15) is 6.04 Å². The Balaban J connectivity index is 2.65. The quantitative estimate of drug-likeness (QED) is 0.373. The monoisotopic (exact) mass is 407 g/mol. The highest BCUT2D eigenvalue weighted by Crippen LogP contribution is 2.47. The Morgan fingerprint density at radius 3 is 2.48 bits per heavy atom. The van der Waals surface area contributed by atoms with Gasteiger partial charge in [-0.15, -0.1) is 35.0 Å². The van der Waals surface area contributed by atoms with E-state index in [2.05, 4.69) is 5.32 Å². The normalized spacial score (nSPS) is 24.8. The van der Waals surface area contributed by atoms with E-state index in [1.54, 1.807) is 13.8 Å². The molecule has 1 aliphatic rings. The molecule has 0 amide bonds. The molecule has 3 unspecified atom stereocenters. The average molecular weight is 408 g/mol. The van der Waals surface area contributed by atoms with Crippen molar-refractivity contribution < 1.29 is 19.0 Å². The number of rotatable bonds is 10. The van der Waals surface area contributed by atoms with Crippen molar-refractivity contribution in [1.29, 1.82) is 0 Å². The van der Waals surface area contributed by atoms with E-state index in [1.165, 1.54) is 16.4 Å². The fourth-order valence-corrected chi connectivity index (χ4v) is 6.02. The molecule has 0 aliphatic carbocycles. The van der Waals surface area contributed by atoms with E-state index in [9.17, 15) is 9.36 Å². The van der Waals surface area contributed by atoms with Crippen molar-refractivity contribution in [3.8, 4) is 0 Å². The number of nitrogens with zero attached hydrogens (tertiary/aromatic N) is 1. The zero-order chi connectivity index (χ0) is 17.7. The maximum atomic E-state index is 12.7. The minimum absolute atomic E-state index is 0.0967. The molecule has 0 radical (unpaired) electrons. The summed E-state index contributed by atoms with van der Waals surface area (Å²) in [5, 5.41) is 11.9. The first-order chi connectivity index (χ1) is 10.6. The molecular formula is C12H24Cl2N3O4PS. The number of carbonyl (C=O) groups is 1. The highest BCUT2D eigenvalue weighted by molar-refractivity contribution is 8.00. The van der Waals surface area contributed by atoms with Gasteiger partial charge in [0.2, 0.25) is 0 Å². The first kappa shape index (κ1) is 21.5. The molecule has 1 aliphatic heterocycles. The Morgan fingerprint density at radius 2 is 2.04 bits per heavy atom. The van der Waals surface area contributed by atoms with Gasteiger partial charge in [0, 0.05) is 37.0 Å². The lowest BCUT2D eigenvalue weighted by molar-refractivity contribution is -0.138. The Bertz CT molecular complexity index is 452. The molecule has 11 heteroatoms. The summed E-state index contributed by atoms with van der Waals surface area (Å²) in [5.41, 5.74) is 5.10. The molecule has 7 nitrogen and oxygen atoms in total. The Kier molecular flexibility index (Phi) is 8.65. The lowest BCUT2D eigenvalue weighted by atomic mass is 10.1. The first-order valence-electron chi connectivity index (χ1n) is 7.18. The Hall–Kier alpha value is 0.470. The molecule has 23 heavy (non-hydrogen) atoms. The molecule has 0 aromatic carbocycles. The van der Waals surface area contributed by atoms with Crippen LogP contribution in [-0.2, 0) is 13.9 Å². The van der Waals surface area contributed by atoms with E-state index >= 15 is 0 Å². The van der Waals surface area contributed by atoms with E-state index in [0.717, 1.165) is 0 Å². The number of carboxylic acids is 1. The number of alkyl halides is 2. The van der Waals surface area contributed by atoms with Crippen molar-refractivity contribution in [2.24, 2.45) is 5.50 Å². The van der Waals surface area contributed by atoms with Gasteiger partial charge in [0.05, 0.1) is 11.0 Å². The van der Waals surface area contributed by atoms with E-state index in [1.807, 2.05) is 0 Å². The van der Waals surface area contributed by atoms with Gasteiger partial charge in [-0.3, -0.25) is 19.2 Å². The molecule has 4 N–H and O–H groups in total. The van der Waals surface area contributed by atoms with Crippen LogP contribution in [0.2, 0.25) is 0 Å². The molecule has 0 aromatic rings. The van der Waals surface area contributed by atoms with Crippen LogP contribution in [0.3, 0.4) is 0 Å². The van der Waals surface area contributed by atoms with Crippen molar-refractivity contribution in [3.63, 3.8) is 0 Å². The largest absolute Gasteiger partial charge is 0.480 e. The SMILES string of the molecule is CC(C)(CC1NC(C(=O)O)CS1)OP(N)(=O)N(CCCl)CCCl. The molecule has 1 rings (SSSR count). The van der Waals surface area contributed by atoms with E-state index in [-0.39, 0.29) is 17.1 Å². The van der Waals surface area contributed by atoms with Crippen molar-refractivity contribution in [2.45, 2.75) is 37.3 Å². The summed E-state index contributed by atoms with van der Waals surface area (Å²) >= 11 is 12.9. The molecule has 1 saturated heterocycles. The lowest BCUT2D eigenvalue weighted by Crippen LogP contribution is -2.41. The van der Waals surface area contributed by atoms with Gasteiger partial charge < -0.3 is 5.11 Å². The summed E-state index contributed by atoms with van der Waals surface area (Å²) in [7, 11) is -3.54. The van der Waals surface area contributed by atoms with Gasteiger partial charge in [0.25, 0.3) is 0 Å². The lowest BCUT2D eigenvalue weighted by Gasteiger charge is -2.35. The molecule has 0 bridgehead atoms. The fraction of sp³-hybridized carbons (Fsp3) is 0.917. The van der Waals surface area contributed by atoms with Crippen LogP contribution in [0.15, 0.2) is 0 Å². The zero-order valence-corrected chi connectivity index (χ0v) is 16.4. The number of aliphatic carboxylic acids is 1. The van der Waals surface area contributed by atoms with E-state index in [4.69, 9.17) is 38.3 Å². The molecule has 0 aromatic heterocycles. The molecule has 3 atom stereocenters. The number of nitrogens with two attached hydrogens (primary N) is 1. The van der Waals surface area contributed by atoms with Crippen LogP contribution < -0.4 is 10.8 Å². The van der Waals surface area contributed by atoms with Crippen molar-refractivity contribution >= 4 is 48.6 Å². The molecule has 0 spiro atoms. The highest BCUT2D eigenvalue weighted by Gasteiger charge is 2.38. The average Bonchev–Trinajstić information content (AvgIpc) is 2.85. The second-order valence-electron chi connectivity index (χ2n) is 5.83. The van der Waals surface area contributed by atoms with Gasteiger partial charge in [-0.2, -0.15) is 0 Å². The molecular weight excluding hydrogens is 384 g/mol. The van der Waals surface area contributed by atoms with Gasteiger partial charge in [-0.05, 0) is 13.8 Å². The summed E-state index contributed by atoms with van der Waals surface area (Å²) in [6, 6.07) is -0.575. The van der Waals surface area contributed by atoms with Crippen LogP contribution in [0, 0.1) is 0 Å². The predicted octanol–water partition coefficient (Wildman–Crippen LogP) is 2.13. The van der Waals surface area contributed by atoms with Gasteiger partial charge in [-0.25, -0.2) is 10.2 Å². The predicted molar refractivity (Wildman–Crippen MR) is 95.4 cm³/mol. The van der Waals surface area contributed by atoms with Gasteiger partial charge in [-0.1, -0.05) is 0 Å². The summed E-state index contributed by atoms with van der Waals surface area (Å²) in [5.74, 6) is 0.143. The number of hydrogen-bond donors (Lipinski definition) is 3. The minimum Gasteiger partial charge on any atom is -0.480 e. The highest BCUT2D eigenvalue weighted by atomic mass is 35.5. The molecule has 0 saturated carbocycles. The second-order valence-corrected chi connectivity index (χ2v) is 9.70. The van der Waals surface area contributed by atoms with Crippen LogP contribution in [0.25, 0.3) is 0 Å². The molecule has 136 valence electrons. The maximum absolute atomic E-state index is 12.7. The Morgan fingerprint density at radius 1 is 1.48 bits per heavy atom. The molecule has 1 fully saturated rings. The minimum atomic E-state index is -3.54. The van der Waals surface area contributed by atoms with Gasteiger partial charge in [0.15, 0.2) is 0 Å². The van der Waals surface area contributed by atoms with Crippen molar-refractivity contribution in [2.75, 3.05) is 30.6 Å². The number of hydrogen-bond acceptors (Lipinski definition) is 5. The third-order valence-corrected chi connectivity index (χ3v) is 6.80. The number of carboxylic acid groups (broad SMARTS) is 1. The van der Waals surface area contributed by atoms with Crippen molar-refractivity contribution in [3.05, 3.63) is 0 Å². The van der Waals surface area contributed by atoms with E-state index in [0.29, 0.717) is 25.3 Å². The number of halogens is 2. The van der Waals surface area contributed by atoms with E-state index < -0.39 is 25.3 Å². The summed E-state index contributed by atoms with van der Waals surface area (Å²) in [6.45, 7) is 4.19. The second kappa shape index (κ2) is 9.25. The number of nitrogens with one attached hydrogen (secondary N) is 1. The standard InChI is InChI=1S/C12H24Cl2N3O4PS/c1-12(2,7-10-16-9(8-23-10)11(18)19)21-22(15,20)17(5-3-13)6-4-14/h9-10,16H,3-8H2,1-2H3,(H2,15,20)(H,18,19). The van der Waals surface area contributed by atoms with Crippen LogP contribution >= 0.6 is 42.6 Å². The Labute approximate surface area is 151 Å². The molecule has 1 heterocycles. The summed E-state index contributed by atoms with van der Waals surface area (Å²) in [6.07, 6.45) is 0.470. The van der Waals surface area contributed by atoms with Crippen LogP contribution in [0.1, 0.15) is 20.3 Å². The zero-order valence-electron chi connectivity index (χ0n) is 13.2. The third-order valence-electron chi connectivity index (χ3n) is 3.28. The fourth-order valence-electron chi connectivity index (χ4n) is 2.27. The smallest absolute Gasteiger partial charge is 0.341 e. The van der Waals surface area contributed by atoms with Crippen LogP contribution in [-0.4, -0.2) is 63.4 Å².